The number of hydrogen-bond acceptors (Lipinski definition) is 2. The maximum Gasteiger partial charge on any atom is 0.0385 e. The van der Waals surface area contributed by atoms with Gasteiger partial charge in [0.15, 0.2) is 0 Å². The fourth-order valence-electron chi connectivity index (χ4n) is 2.55. The second-order valence-corrected chi connectivity index (χ2v) is 3.68. The summed E-state index contributed by atoms with van der Waals surface area (Å²) < 4.78 is 0. The molecule has 3 aliphatic rings. The lowest BCUT2D eigenvalue weighted by Gasteiger charge is -2.62. The summed E-state index contributed by atoms with van der Waals surface area (Å²) in [5, 5.41) is 0. The first-order valence-corrected chi connectivity index (χ1v) is 3.87. The van der Waals surface area contributed by atoms with Gasteiger partial charge in [0.05, 0.1) is 0 Å². The molecular formula is C7H12N2. The molecule has 9 heavy (non-hydrogen) atoms. The quantitative estimate of drug-likeness (QED) is 0.490. The van der Waals surface area contributed by atoms with Crippen molar-refractivity contribution in [1.29, 1.82) is 0 Å². The molecule has 0 aromatic rings. The minimum absolute atomic E-state index is 0.547. The van der Waals surface area contributed by atoms with Gasteiger partial charge in [0.25, 0.3) is 0 Å². The Bertz CT molecular complexity index is 154. The first-order valence-electron chi connectivity index (χ1n) is 3.87. The van der Waals surface area contributed by atoms with Crippen LogP contribution in [0.2, 0.25) is 0 Å². The van der Waals surface area contributed by atoms with E-state index in [-0.39, 0.29) is 0 Å². The van der Waals surface area contributed by atoms with Crippen LogP contribution >= 0.6 is 0 Å². The van der Waals surface area contributed by atoms with E-state index in [9.17, 15) is 0 Å². The van der Waals surface area contributed by atoms with Gasteiger partial charge < -0.3 is 5.73 Å². The molecule has 2 nitrogen and oxygen atoms in total. The van der Waals surface area contributed by atoms with E-state index >= 15 is 0 Å². The van der Waals surface area contributed by atoms with Crippen LogP contribution in [0.15, 0.2) is 0 Å². The highest BCUT2D eigenvalue weighted by atomic mass is 15.4. The van der Waals surface area contributed by atoms with E-state index in [1.807, 2.05) is 0 Å². The van der Waals surface area contributed by atoms with Crippen molar-refractivity contribution in [3.05, 3.63) is 0 Å². The number of fused-ring (bicyclic) bond motifs is 2. The van der Waals surface area contributed by atoms with Gasteiger partial charge in [0.2, 0.25) is 0 Å². The lowest BCUT2D eigenvalue weighted by Crippen LogP contribution is -2.79. The minimum Gasteiger partial charge on any atom is -0.325 e. The number of hydrogen-bond donors (Lipinski definition) is 1. The molecule has 3 fully saturated rings. The molecule has 2 atom stereocenters. The van der Waals surface area contributed by atoms with Crippen LogP contribution in [-0.4, -0.2) is 29.1 Å². The Kier molecular flexibility index (Phi) is 0.552. The molecule has 2 aliphatic heterocycles. The second kappa shape index (κ2) is 1.06. The predicted molar refractivity (Wildman–Crippen MR) is 35.1 cm³/mol. The fraction of sp³-hybridized carbons (Fsp3) is 1.00. The number of piperidine rings is 1. The Balaban J connectivity index is 1.91. The van der Waals surface area contributed by atoms with Crippen LogP contribution in [0.4, 0.5) is 0 Å². The van der Waals surface area contributed by atoms with Crippen molar-refractivity contribution < 1.29 is 0 Å². The van der Waals surface area contributed by atoms with Gasteiger partial charge in [-0.3, -0.25) is 4.90 Å². The fourth-order valence-corrected chi connectivity index (χ4v) is 2.55. The van der Waals surface area contributed by atoms with Crippen molar-refractivity contribution in [2.75, 3.05) is 6.54 Å². The Hall–Kier alpha value is -0.0800. The Morgan fingerprint density at radius 2 is 2.22 bits per heavy atom. The Labute approximate surface area is 55.0 Å². The van der Waals surface area contributed by atoms with Crippen LogP contribution in [0.1, 0.15) is 19.3 Å². The second-order valence-electron chi connectivity index (χ2n) is 3.68. The zero-order valence-corrected chi connectivity index (χ0v) is 5.51. The first kappa shape index (κ1) is 4.69. The van der Waals surface area contributed by atoms with Gasteiger partial charge in [-0.1, -0.05) is 0 Å². The van der Waals surface area contributed by atoms with Gasteiger partial charge in [-0.05, 0) is 19.3 Å². The zero-order valence-electron chi connectivity index (χ0n) is 5.51. The molecule has 2 heterocycles. The highest BCUT2D eigenvalue weighted by Gasteiger charge is 2.68. The van der Waals surface area contributed by atoms with Crippen LogP contribution in [0.5, 0.6) is 0 Å². The van der Waals surface area contributed by atoms with Crippen molar-refractivity contribution in [1.82, 2.24) is 4.90 Å². The minimum atomic E-state index is 0.547. The average molecular weight is 124 g/mol. The van der Waals surface area contributed by atoms with E-state index in [1.54, 1.807) is 0 Å². The molecule has 2 N–H and O–H groups in total. The summed E-state index contributed by atoms with van der Waals surface area (Å²) in [6, 6.07) is 1.35. The zero-order chi connectivity index (χ0) is 6.06. The molecule has 0 bridgehead atoms. The molecule has 0 aromatic carbocycles. The van der Waals surface area contributed by atoms with Crippen LogP contribution in [0.25, 0.3) is 0 Å². The standard InChI is InChI=1S/C7H12N2/c8-6-5-1-4-9(5)7(6)2-3-7/h5-6H,1-4,8H2. The smallest absolute Gasteiger partial charge is 0.0385 e. The molecule has 3 rings (SSSR count). The lowest BCUT2D eigenvalue weighted by molar-refractivity contribution is -0.104. The average Bonchev–Trinajstić information content (AvgIpc) is 2.45. The van der Waals surface area contributed by atoms with Gasteiger partial charge in [-0.25, -0.2) is 0 Å². The van der Waals surface area contributed by atoms with Crippen LogP contribution in [0.3, 0.4) is 0 Å². The van der Waals surface area contributed by atoms with Crippen LogP contribution in [0, 0.1) is 0 Å². The van der Waals surface area contributed by atoms with Gasteiger partial charge in [0, 0.05) is 24.2 Å². The molecule has 0 amide bonds. The third-order valence-electron chi connectivity index (χ3n) is 3.44. The highest BCUT2D eigenvalue weighted by Crippen LogP contribution is 2.58. The maximum atomic E-state index is 5.96. The lowest BCUT2D eigenvalue weighted by atomic mass is 9.76. The number of nitrogens with two attached hydrogens (primary N) is 1. The Morgan fingerprint density at radius 1 is 1.44 bits per heavy atom. The first-order chi connectivity index (χ1) is 4.34. The SMILES string of the molecule is NC1C2CCN2C12CC2. The summed E-state index contributed by atoms with van der Waals surface area (Å²) in [7, 11) is 0. The van der Waals surface area contributed by atoms with E-state index < -0.39 is 0 Å². The van der Waals surface area contributed by atoms with Crippen molar-refractivity contribution in [2.45, 2.75) is 36.9 Å². The maximum absolute atomic E-state index is 5.96. The van der Waals surface area contributed by atoms with E-state index in [0.29, 0.717) is 11.6 Å². The van der Waals surface area contributed by atoms with Crippen LogP contribution < -0.4 is 5.73 Å². The normalized spacial score (nSPS) is 51.7. The molecular weight excluding hydrogens is 112 g/mol. The Morgan fingerprint density at radius 3 is 2.44 bits per heavy atom. The van der Waals surface area contributed by atoms with Gasteiger partial charge in [-0.15, -0.1) is 0 Å². The summed E-state index contributed by atoms with van der Waals surface area (Å²) >= 11 is 0. The molecule has 2 saturated heterocycles. The predicted octanol–water partition coefficient (Wildman–Crippen LogP) is -0.0658. The highest BCUT2D eigenvalue weighted by molar-refractivity contribution is 5.27. The largest absolute Gasteiger partial charge is 0.325 e. The third kappa shape index (κ3) is 0.310. The summed E-state index contributed by atoms with van der Waals surface area (Å²) in [5.41, 5.74) is 6.52. The van der Waals surface area contributed by atoms with E-state index in [2.05, 4.69) is 4.90 Å². The van der Waals surface area contributed by atoms with Crippen molar-refractivity contribution in [3.63, 3.8) is 0 Å². The van der Waals surface area contributed by atoms with Crippen molar-refractivity contribution in [2.24, 2.45) is 5.73 Å². The summed E-state index contributed by atoms with van der Waals surface area (Å²) in [6.45, 7) is 1.33. The monoisotopic (exact) mass is 124 g/mol. The van der Waals surface area contributed by atoms with Crippen LogP contribution in [-0.2, 0) is 0 Å². The molecule has 0 radical (unpaired) electrons. The topological polar surface area (TPSA) is 29.3 Å². The molecule has 50 valence electrons. The van der Waals surface area contributed by atoms with Crippen molar-refractivity contribution >= 4 is 0 Å². The summed E-state index contributed by atoms with van der Waals surface area (Å²) in [6.07, 6.45) is 4.12. The third-order valence-corrected chi connectivity index (χ3v) is 3.44. The molecule has 2 heteroatoms. The molecule has 1 aliphatic carbocycles. The summed E-state index contributed by atoms with van der Waals surface area (Å²) in [5.74, 6) is 0. The van der Waals surface area contributed by atoms with E-state index in [0.717, 1.165) is 6.04 Å². The number of nitrogens with zero attached hydrogens (tertiary/aromatic N) is 1. The molecule has 2 unspecified atom stereocenters. The molecule has 1 saturated carbocycles. The van der Waals surface area contributed by atoms with Gasteiger partial charge >= 0.3 is 0 Å². The van der Waals surface area contributed by atoms with E-state index in [4.69, 9.17) is 5.73 Å². The molecule has 0 aromatic heterocycles. The molecule has 1 spiro atoms. The summed E-state index contributed by atoms with van der Waals surface area (Å²) in [4.78, 5) is 2.59. The number of rotatable bonds is 0. The van der Waals surface area contributed by atoms with Crippen molar-refractivity contribution in [3.8, 4) is 0 Å². The van der Waals surface area contributed by atoms with E-state index in [1.165, 1.54) is 25.8 Å². The van der Waals surface area contributed by atoms with Gasteiger partial charge in [-0.2, -0.15) is 0 Å². The van der Waals surface area contributed by atoms with Gasteiger partial charge in [0.1, 0.15) is 0 Å².